The van der Waals surface area contributed by atoms with Gasteiger partial charge in [-0.15, -0.1) is 11.8 Å². The van der Waals surface area contributed by atoms with Crippen LogP contribution < -0.4 is 0 Å². The van der Waals surface area contributed by atoms with Crippen molar-refractivity contribution in [3.63, 3.8) is 0 Å². The van der Waals surface area contributed by atoms with Crippen molar-refractivity contribution in [2.24, 2.45) is 4.99 Å². The smallest absolute Gasteiger partial charge is 0.134 e. The summed E-state index contributed by atoms with van der Waals surface area (Å²) in [4.78, 5) is 6.09. The molecule has 0 saturated carbocycles. The molecule has 0 bridgehead atoms. The Bertz CT molecular complexity index is 344. The molecule has 0 aliphatic carbocycles. The molecule has 60 valence electrons. The van der Waals surface area contributed by atoms with Gasteiger partial charge in [0.2, 0.25) is 0 Å². The fourth-order valence-electron chi connectivity index (χ4n) is 1.09. The van der Waals surface area contributed by atoms with E-state index in [4.69, 9.17) is 12.2 Å². The van der Waals surface area contributed by atoms with Gasteiger partial charge in [-0.25, -0.2) is 4.99 Å². The minimum absolute atomic E-state index is 0.704. The summed E-state index contributed by atoms with van der Waals surface area (Å²) in [5.74, 6) is 0.914. The molecule has 0 unspecified atom stereocenters. The van der Waals surface area contributed by atoms with Crippen molar-refractivity contribution in [2.75, 3.05) is 5.75 Å². The lowest BCUT2D eigenvalue weighted by atomic mass is 10.2. The Hall–Kier alpha value is -0.670. The maximum atomic E-state index is 5.14. The van der Waals surface area contributed by atoms with Gasteiger partial charge in [-0.2, -0.15) is 0 Å². The molecule has 0 spiro atoms. The Labute approximate surface area is 80.9 Å². The molecule has 12 heavy (non-hydrogen) atoms. The van der Waals surface area contributed by atoms with E-state index in [0.717, 1.165) is 11.3 Å². The molecule has 1 aliphatic heterocycles. The third-order valence-corrected chi connectivity index (χ3v) is 2.95. The molecule has 3 heteroatoms. The third kappa shape index (κ3) is 1.42. The van der Waals surface area contributed by atoms with Gasteiger partial charge < -0.3 is 0 Å². The van der Waals surface area contributed by atoms with Crippen molar-refractivity contribution in [1.29, 1.82) is 0 Å². The predicted molar refractivity (Wildman–Crippen MR) is 57.4 cm³/mol. The number of thioether (sulfide) groups is 1. The lowest BCUT2D eigenvalue weighted by Crippen LogP contribution is -1.92. The molecule has 1 aromatic rings. The van der Waals surface area contributed by atoms with E-state index in [2.05, 4.69) is 11.1 Å². The second kappa shape index (κ2) is 3.37. The maximum Gasteiger partial charge on any atom is 0.134 e. The first-order chi connectivity index (χ1) is 5.88. The number of hydrogen-bond acceptors (Lipinski definition) is 2. The van der Waals surface area contributed by atoms with Crippen LogP contribution in [-0.2, 0) is 0 Å². The summed E-state index contributed by atoms with van der Waals surface area (Å²) < 4.78 is 0. The third-order valence-electron chi connectivity index (χ3n) is 1.64. The predicted octanol–water partition coefficient (Wildman–Crippen LogP) is 2.54. The van der Waals surface area contributed by atoms with Crippen molar-refractivity contribution in [1.82, 2.24) is 0 Å². The number of nitrogens with zero attached hydrogens (tertiary/aromatic N) is 1. The van der Waals surface area contributed by atoms with E-state index in [0.29, 0.717) is 4.99 Å². The molecule has 0 N–H and O–H groups in total. The highest BCUT2D eigenvalue weighted by atomic mass is 32.2. The summed E-state index contributed by atoms with van der Waals surface area (Å²) in [6, 6.07) is 8.13. The summed E-state index contributed by atoms with van der Waals surface area (Å²) in [7, 11) is 0. The molecule has 0 saturated heterocycles. The normalized spacial score (nSPS) is 15.5. The summed E-state index contributed by atoms with van der Waals surface area (Å²) in [6.07, 6.45) is 1.87. The van der Waals surface area contributed by atoms with E-state index >= 15 is 0 Å². The van der Waals surface area contributed by atoms with E-state index in [-0.39, 0.29) is 0 Å². The summed E-state index contributed by atoms with van der Waals surface area (Å²) >= 11 is 6.91. The van der Waals surface area contributed by atoms with Crippen LogP contribution in [0, 0.1) is 0 Å². The minimum atomic E-state index is 0.704. The van der Waals surface area contributed by atoms with Crippen LogP contribution in [0.2, 0.25) is 0 Å². The largest absolute Gasteiger partial charge is 0.248 e. The van der Waals surface area contributed by atoms with E-state index in [1.807, 2.05) is 24.4 Å². The lowest BCUT2D eigenvalue weighted by Gasteiger charge is -2.01. The van der Waals surface area contributed by atoms with Gasteiger partial charge >= 0.3 is 0 Å². The quantitative estimate of drug-likeness (QED) is 0.587. The van der Waals surface area contributed by atoms with Gasteiger partial charge in [0, 0.05) is 22.4 Å². The minimum Gasteiger partial charge on any atom is -0.248 e. The van der Waals surface area contributed by atoms with Crippen molar-refractivity contribution in [2.45, 2.75) is 4.90 Å². The Kier molecular flexibility index (Phi) is 2.23. The topological polar surface area (TPSA) is 12.4 Å². The Morgan fingerprint density at radius 1 is 1.33 bits per heavy atom. The summed E-state index contributed by atoms with van der Waals surface area (Å²) in [6.45, 7) is 0. The van der Waals surface area contributed by atoms with Crippen molar-refractivity contribution in [3.8, 4) is 0 Å². The monoisotopic (exact) mass is 193 g/mol. The number of fused-ring (bicyclic) bond motifs is 1. The van der Waals surface area contributed by atoms with Crippen molar-refractivity contribution in [3.05, 3.63) is 29.8 Å². The Morgan fingerprint density at radius 2 is 2.17 bits per heavy atom. The van der Waals surface area contributed by atoms with Crippen LogP contribution in [0.15, 0.2) is 34.2 Å². The SMILES string of the molecule is S=C1N=CCSc2ccccc21. The number of hydrogen-bond donors (Lipinski definition) is 0. The van der Waals surface area contributed by atoms with E-state index in [1.165, 1.54) is 4.90 Å². The molecule has 0 aromatic heterocycles. The molecule has 1 aromatic carbocycles. The van der Waals surface area contributed by atoms with Crippen molar-refractivity contribution < 1.29 is 0 Å². The fourth-order valence-corrected chi connectivity index (χ4v) is 2.23. The molecular formula is C9H7NS2. The van der Waals surface area contributed by atoms with Crippen LogP contribution in [0.25, 0.3) is 0 Å². The van der Waals surface area contributed by atoms with Crippen LogP contribution in [0.5, 0.6) is 0 Å². The molecule has 1 nitrogen and oxygen atoms in total. The van der Waals surface area contributed by atoms with Crippen LogP contribution in [0.1, 0.15) is 5.56 Å². The number of benzene rings is 1. The van der Waals surface area contributed by atoms with Gasteiger partial charge in [-0.05, 0) is 6.07 Å². The highest BCUT2D eigenvalue weighted by molar-refractivity contribution is 8.00. The molecule has 0 atom stereocenters. The molecule has 1 heterocycles. The number of thiocarbonyl (C=S) groups is 1. The van der Waals surface area contributed by atoms with Gasteiger partial charge in [-0.3, -0.25) is 0 Å². The molecular weight excluding hydrogens is 186 g/mol. The molecule has 0 amide bonds. The highest BCUT2D eigenvalue weighted by Crippen LogP contribution is 2.24. The maximum absolute atomic E-state index is 5.14. The molecule has 1 aliphatic rings. The van der Waals surface area contributed by atoms with E-state index in [1.54, 1.807) is 11.8 Å². The first-order valence-electron chi connectivity index (χ1n) is 3.66. The fraction of sp³-hybridized carbons (Fsp3) is 0.111. The second-order valence-corrected chi connectivity index (χ2v) is 3.87. The van der Waals surface area contributed by atoms with Gasteiger partial charge in [0.1, 0.15) is 4.99 Å². The van der Waals surface area contributed by atoms with E-state index in [9.17, 15) is 0 Å². The zero-order chi connectivity index (χ0) is 8.39. The first-order valence-corrected chi connectivity index (χ1v) is 5.06. The lowest BCUT2D eigenvalue weighted by molar-refractivity contribution is 1.43. The van der Waals surface area contributed by atoms with Crippen molar-refractivity contribution >= 4 is 35.2 Å². The zero-order valence-corrected chi connectivity index (χ0v) is 7.99. The molecule has 2 rings (SSSR count). The molecule has 0 radical (unpaired) electrons. The van der Waals surface area contributed by atoms with Gasteiger partial charge in [0.15, 0.2) is 0 Å². The van der Waals surface area contributed by atoms with Crippen LogP contribution >= 0.6 is 24.0 Å². The summed E-state index contributed by atoms with van der Waals surface area (Å²) in [5, 5.41) is 0. The second-order valence-electron chi connectivity index (χ2n) is 2.42. The van der Waals surface area contributed by atoms with Crippen LogP contribution in [0.4, 0.5) is 0 Å². The van der Waals surface area contributed by atoms with Gasteiger partial charge in [0.05, 0.1) is 0 Å². The standard InChI is InChI=1S/C9H7NS2/c11-9-7-3-1-2-4-8(7)12-6-5-10-9/h1-5H,6H2. The zero-order valence-electron chi connectivity index (χ0n) is 6.36. The van der Waals surface area contributed by atoms with Crippen LogP contribution in [-0.4, -0.2) is 17.0 Å². The van der Waals surface area contributed by atoms with Gasteiger partial charge in [0.25, 0.3) is 0 Å². The first kappa shape index (κ1) is 7.95. The number of rotatable bonds is 0. The van der Waals surface area contributed by atoms with E-state index < -0.39 is 0 Å². The average Bonchev–Trinajstić information content (AvgIpc) is 2.29. The average molecular weight is 193 g/mol. The summed E-state index contributed by atoms with van der Waals surface area (Å²) in [5.41, 5.74) is 1.09. The molecule has 0 fully saturated rings. The number of aliphatic imine (C=N–C) groups is 1. The Balaban J connectivity index is 2.53. The Morgan fingerprint density at radius 3 is 3.08 bits per heavy atom. The van der Waals surface area contributed by atoms with Gasteiger partial charge in [-0.1, -0.05) is 30.4 Å². The van der Waals surface area contributed by atoms with Crippen LogP contribution in [0.3, 0.4) is 0 Å². The highest BCUT2D eigenvalue weighted by Gasteiger charge is 2.08.